The molecule has 0 aliphatic rings. The normalized spacial score (nSPS) is 12.2. The molecule has 40 heavy (non-hydrogen) atoms. The number of anilines is 1. The molecule has 1 unspecified atom stereocenters. The summed E-state index contributed by atoms with van der Waals surface area (Å²) >= 11 is 0. The molecule has 3 aromatic carbocycles. The van der Waals surface area contributed by atoms with Gasteiger partial charge in [0.15, 0.2) is 11.5 Å². The first kappa shape index (κ1) is 28.6. The van der Waals surface area contributed by atoms with E-state index >= 15 is 0 Å². The lowest BCUT2D eigenvalue weighted by Crippen LogP contribution is -2.50. The van der Waals surface area contributed by atoms with E-state index in [9.17, 15) is 9.59 Å². The summed E-state index contributed by atoms with van der Waals surface area (Å²) in [6.07, 6.45) is 0.673. The monoisotopic (exact) mass is 543 g/mol. The van der Waals surface area contributed by atoms with Gasteiger partial charge in [-0.1, -0.05) is 48.5 Å². The minimum absolute atomic E-state index is 0.105. The fraction of sp³-hybridized carbons (Fsp3) is 0.355. The van der Waals surface area contributed by atoms with E-state index in [1.807, 2.05) is 83.1 Å². The minimum Gasteiger partial charge on any atom is -0.493 e. The summed E-state index contributed by atoms with van der Waals surface area (Å²) < 4.78 is 12.9. The zero-order valence-corrected chi connectivity index (χ0v) is 24.0. The summed E-state index contributed by atoms with van der Waals surface area (Å²) in [5.74, 6) is 0.413. The standard InChI is InChI=1S/C31H37N5O4/c1-7-21-13-9-11-15-24(21)36(28(37)20-35-25-16-12-10-14-23(25)33-34-35)29(30(38)32-31(3,4)5)22-17-18-26(40-8-2)27(19-22)39-6/h9-19,29H,7-8,20H2,1-6H3,(H,32,38). The Balaban J connectivity index is 1.89. The quantitative estimate of drug-likeness (QED) is 0.299. The Labute approximate surface area is 235 Å². The summed E-state index contributed by atoms with van der Waals surface area (Å²) in [4.78, 5) is 30.0. The molecule has 0 aliphatic heterocycles. The molecule has 0 aliphatic carbocycles. The van der Waals surface area contributed by atoms with E-state index in [0.717, 1.165) is 11.1 Å². The smallest absolute Gasteiger partial charge is 0.249 e. The highest BCUT2D eigenvalue weighted by molar-refractivity contribution is 6.02. The van der Waals surface area contributed by atoms with E-state index in [-0.39, 0.29) is 18.4 Å². The summed E-state index contributed by atoms with van der Waals surface area (Å²) in [7, 11) is 1.55. The van der Waals surface area contributed by atoms with Gasteiger partial charge in [0.1, 0.15) is 18.1 Å². The molecule has 9 nitrogen and oxygen atoms in total. The average Bonchev–Trinajstić information content (AvgIpc) is 3.33. The van der Waals surface area contributed by atoms with Gasteiger partial charge >= 0.3 is 0 Å². The Morgan fingerprint density at radius 1 is 1.00 bits per heavy atom. The van der Waals surface area contributed by atoms with Crippen LogP contribution in [0.25, 0.3) is 11.0 Å². The Hall–Kier alpha value is -4.40. The van der Waals surface area contributed by atoms with Crippen molar-refractivity contribution < 1.29 is 19.1 Å². The van der Waals surface area contributed by atoms with Crippen LogP contribution in [0, 0.1) is 0 Å². The van der Waals surface area contributed by atoms with E-state index in [1.165, 1.54) is 0 Å². The second-order valence-electron chi connectivity index (χ2n) is 10.5. The van der Waals surface area contributed by atoms with Crippen molar-refractivity contribution >= 4 is 28.5 Å². The van der Waals surface area contributed by atoms with Crippen LogP contribution in [0.1, 0.15) is 51.8 Å². The fourth-order valence-corrected chi connectivity index (χ4v) is 4.69. The number of ether oxygens (including phenoxy) is 2. The number of benzene rings is 3. The summed E-state index contributed by atoms with van der Waals surface area (Å²) in [5, 5.41) is 11.5. The van der Waals surface area contributed by atoms with E-state index in [1.54, 1.807) is 34.9 Å². The van der Waals surface area contributed by atoms with Crippen molar-refractivity contribution in [2.45, 2.75) is 59.2 Å². The zero-order valence-electron chi connectivity index (χ0n) is 24.0. The molecule has 1 atom stereocenters. The van der Waals surface area contributed by atoms with Crippen molar-refractivity contribution in [3.63, 3.8) is 0 Å². The molecule has 1 heterocycles. The van der Waals surface area contributed by atoms with Crippen LogP contribution in [0.2, 0.25) is 0 Å². The lowest BCUT2D eigenvalue weighted by molar-refractivity contribution is -0.128. The third-order valence-corrected chi connectivity index (χ3v) is 6.41. The van der Waals surface area contributed by atoms with E-state index in [2.05, 4.69) is 15.6 Å². The maximum atomic E-state index is 14.3. The third-order valence-electron chi connectivity index (χ3n) is 6.41. The Morgan fingerprint density at radius 3 is 2.42 bits per heavy atom. The highest BCUT2D eigenvalue weighted by atomic mass is 16.5. The molecular formula is C31H37N5O4. The maximum absolute atomic E-state index is 14.3. The van der Waals surface area contributed by atoms with Crippen molar-refractivity contribution in [1.29, 1.82) is 0 Å². The van der Waals surface area contributed by atoms with Crippen LogP contribution in [0.5, 0.6) is 11.5 Å². The number of rotatable bonds is 10. The van der Waals surface area contributed by atoms with Gasteiger partial charge in [-0.15, -0.1) is 5.10 Å². The van der Waals surface area contributed by atoms with Crippen molar-refractivity contribution in [2.24, 2.45) is 0 Å². The fourth-order valence-electron chi connectivity index (χ4n) is 4.69. The number of para-hydroxylation sites is 2. The summed E-state index contributed by atoms with van der Waals surface area (Å²) in [6.45, 7) is 10.0. The summed E-state index contributed by atoms with van der Waals surface area (Å²) in [5.41, 5.74) is 3.06. The maximum Gasteiger partial charge on any atom is 0.249 e. The zero-order chi connectivity index (χ0) is 28.9. The second-order valence-corrected chi connectivity index (χ2v) is 10.5. The number of nitrogens with one attached hydrogen (secondary N) is 1. The first-order valence-corrected chi connectivity index (χ1v) is 13.5. The molecule has 2 amide bonds. The van der Waals surface area contributed by atoms with Crippen molar-refractivity contribution in [1.82, 2.24) is 20.3 Å². The van der Waals surface area contributed by atoms with E-state index < -0.39 is 11.6 Å². The molecule has 0 radical (unpaired) electrons. The number of hydrogen-bond donors (Lipinski definition) is 1. The molecule has 210 valence electrons. The molecule has 0 fully saturated rings. The Bertz CT molecular complexity index is 1490. The van der Waals surface area contributed by atoms with Gasteiger partial charge in [-0.25, -0.2) is 4.68 Å². The molecule has 1 aromatic heterocycles. The van der Waals surface area contributed by atoms with Gasteiger partial charge in [0.2, 0.25) is 11.8 Å². The van der Waals surface area contributed by atoms with Gasteiger partial charge < -0.3 is 14.8 Å². The minimum atomic E-state index is -1.00. The number of amides is 2. The number of fused-ring (bicyclic) bond motifs is 1. The van der Waals surface area contributed by atoms with Crippen molar-refractivity contribution in [3.8, 4) is 11.5 Å². The molecular weight excluding hydrogens is 506 g/mol. The van der Waals surface area contributed by atoms with Gasteiger partial charge in [0, 0.05) is 11.2 Å². The topological polar surface area (TPSA) is 98.6 Å². The summed E-state index contributed by atoms with van der Waals surface area (Å²) in [6, 6.07) is 19.5. The van der Waals surface area contributed by atoms with Gasteiger partial charge in [-0.2, -0.15) is 0 Å². The second kappa shape index (κ2) is 12.2. The number of nitrogens with zero attached hydrogens (tertiary/aromatic N) is 4. The lowest BCUT2D eigenvalue weighted by atomic mass is 9.98. The van der Waals surface area contributed by atoms with Crippen molar-refractivity contribution in [3.05, 3.63) is 77.9 Å². The molecule has 4 rings (SSSR count). The number of aryl methyl sites for hydroxylation is 1. The highest BCUT2D eigenvalue weighted by Gasteiger charge is 2.36. The largest absolute Gasteiger partial charge is 0.493 e. The number of hydrogen-bond acceptors (Lipinski definition) is 6. The Kier molecular flexibility index (Phi) is 8.72. The van der Waals surface area contributed by atoms with Crippen LogP contribution >= 0.6 is 0 Å². The van der Waals surface area contributed by atoms with Crippen LogP contribution in [-0.4, -0.2) is 46.1 Å². The van der Waals surface area contributed by atoms with Crippen LogP contribution in [0.3, 0.4) is 0 Å². The van der Waals surface area contributed by atoms with Crippen LogP contribution in [0.4, 0.5) is 5.69 Å². The molecule has 9 heteroatoms. The van der Waals surface area contributed by atoms with Gasteiger partial charge in [-0.3, -0.25) is 14.5 Å². The third kappa shape index (κ3) is 6.25. The van der Waals surface area contributed by atoms with Gasteiger partial charge in [0.05, 0.1) is 19.2 Å². The molecule has 0 bridgehead atoms. The molecule has 0 saturated heterocycles. The van der Waals surface area contributed by atoms with Crippen LogP contribution < -0.4 is 19.7 Å². The van der Waals surface area contributed by atoms with E-state index in [0.29, 0.717) is 41.3 Å². The number of carbonyl (C=O) groups is 2. The predicted octanol–water partition coefficient (Wildman–Crippen LogP) is 5.09. The van der Waals surface area contributed by atoms with Crippen molar-refractivity contribution in [2.75, 3.05) is 18.6 Å². The Morgan fingerprint density at radius 2 is 1.73 bits per heavy atom. The lowest BCUT2D eigenvalue weighted by Gasteiger charge is -2.35. The first-order valence-electron chi connectivity index (χ1n) is 13.5. The van der Waals surface area contributed by atoms with Gasteiger partial charge in [-0.05, 0) is 75.6 Å². The SMILES string of the molecule is CCOc1ccc(C(C(=O)NC(C)(C)C)N(C(=O)Cn2nnc3ccccc32)c2ccccc2CC)cc1OC. The predicted molar refractivity (Wildman–Crippen MR) is 156 cm³/mol. The van der Waals surface area contributed by atoms with E-state index in [4.69, 9.17) is 9.47 Å². The molecule has 0 saturated carbocycles. The first-order chi connectivity index (χ1) is 19.2. The number of carbonyl (C=O) groups excluding carboxylic acids is 2. The average molecular weight is 544 g/mol. The highest BCUT2D eigenvalue weighted by Crippen LogP contribution is 2.36. The van der Waals surface area contributed by atoms with Crippen LogP contribution in [0.15, 0.2) is 66.7 Å². The number of methoxy groups -OCH3 is 1. The van der Waals surface area contributed by atoms with Crippen LogP contribution in [-0.2, 0) is 22.6 Å². The van der Waals surface area contributed by atoms with Gasteiger partial charge in [0.25, 0.3) is 0 Å². The molecule has 1 N–H and O–H groups in total. The molecule has 0 spiro atoms. The molecule has 4 aromatic rings. The number of aromatic nitrogens is 3.